The second kappa shape index (κ2) is 3.27. The molecule has 0 saturated heterocycles. The Labute approximate surface area is 86.5 Å². The van der Waals surface area contributed by atoms with Crippen molar-refractivity contribution in [2.75, 3.05) is 12.8 Å². The third-order valence-corrected chi connectivity index (χ3v) is 2.14. The van der Waals surface area contributed by atoms with E-state index < -0.39 is 0 Å². The summed E-state index contributed by atoms with van der Waals surface area (Å²) in [6.45, 7) is 1.76. The topological polar surface area (TPSA) is 81.3 Å². The molecule has 0 aliphatic carbocycles. The van der Waals surface area contributed by atoms with Crippen LogP contribution in [0.4, 0.5) is 5.82 Å². The number of hydrogen-bond donors (Lipinski definition) is 2. The molecule has 0 bridgehead atoms. The lowest BCUT2D eigenvalue weighted by molar-refractivity contribution is 0.374. The number of ether oxygens (including phenoxy) is 1. The normalized spacial score (nSPS) is 10.5. The van der Waals surface area contributed by atoms with Crippen molar-refractivity contribution in [3.8, 4) is 11.5 Å². The predicted molar refractivity (Wildman–Crippen MR) is 56.9 cm³/mol. The molecule has 0 amide bonds. The van der Waals surface area contributed by atoms with Gasteiger partial charge in [0.15, 0.2) is 11.5 Å². The summed E-state index contributed by atoms with van der Waals surface area (Å²) in [5, 5.41) is 10.2. The lowest BCUT2D eigenvalue weighted by Gasteiger charge is -2.06. The average molecular weight is 205 g/mol. The number of fused-ring (bicyclic) bond motifs is 1. The van der Waals surface area contributed by atoms with Crippen LogP contribution in [0.2, 0.25) is 0 Å². The minimum absolute atomic E-state index is 0.0316. The van der Waals surface area contributed by atoms with E-state index in [1.807, 2.05) is 0 Å². The molecule has 0 radical (unpaired) electrons. The van der Waals surface area contributed by atoms with Crippen molar-refractivity contribution >= 4 is 16.7 Å². The fraction of sp³-hybridized carbons (Fsp3) is 0.200. The van der Waals surface area contributed by atoms with Crippen LogP contribution in [-0.2, 0) is 0 Å². The first-order chi connectivity index (χ1) is 7.11. The highest BCUT2D eigenvalue weighted by Gasteiger charge is 2.08. The van der Waals surface area contributed by atoms with Gasteiger partial charge in [0.25, 0.3) is 0 Å². The van der Waals surface area contributed by atoms with Gasteiger partial charge in [-0.2, -0.15) is 0 Å². The van der Waals surface area contributed by atoms with Gasteiger partial charge in [-0.3, -0.25) is 0 Å². The average Bonchev–Trinajstić information content (AvgIpc) is 2.18. The smallest absolute Gasteiger partial charge is 0.162 e. The van der Waals surface area contributed by atoms with Gasteiger partial charge in [0, 0.05) is 11.5 Å². The fourth-order valence-corrected chi connectivity index (χ4v) is 1.45. The quantitative estimate of drug-likeness (QED) is 0.731. The van der Waals surface area contributed by atoms with E-state index in [2.05, 4.69) is 9.97 Å². The largest absolute Gasteiger partial charge is 0.504 e. The van der Waals surface area contributed by atoms with E-state index >= 15 is 0 Å². The fourth-order valence-electron chi connectivity index (χ4n) is 1.45. The molecule has 0 aliphatic rings. The van der Waals surface area contributed by atoms with Crippen LogP contribution in [-0.4, -0.2) is 22.2 Å². The monoisotopic (exact) mass is 205 g/mol. The third kappa shape index (κ3) is 1.52. The van der Waals surface area contributed by atoms with Crippen LogP contribution >= 0.6 is 0 Å². The molecule has 5 heteroatoms. The van der Waals surface area contributed by atoms with Crippen LogP contribution in [0.15, 0.2) is 12.1 Å². The van der Waals surface area contributed by atoms with Gasteiger partial charge in [-0.1, -0.05) is 0 Å². The lowest BCUT2D eigenvalue weighted by atomic mass is 10.2. The van der Waals surface area contributed by atoms with Gasteiger partial charge in [0.2, 0.25) is 0 Å². The number of anilines is 1. The number of nitrogen functional groups attached to an aromatic ring is 1. The van der Waals surface area contributed by atoms with Crippen molar-refractivity contribution < 1.29 is 9.84 Å². The number of aryl methyl sites for hydroxylation is 1. The van der Waals surface area contributed by atoms with Gasteiger partial charge in [-0.05, 0) is 13.0 Å². The molecule has 0 fully saturated rings. The van der Waals surface area contributed by atoms with Crippen molar-refractivity contribution in [3.05, 3.63) is 18.0 Å². The van der Waals surface area contributed by atoms with Crippen LogP contribution in [0.3, 0.4) is 0 Å². The van der Waals surface area contributed by atoms with E-state index in [-0.39, 0.29) is 5.75 Å². The van der Waals surface area contributed by atoms with Crippen LogP contribution < -0.4 is 10.5 Å². The summed E-state index contributed by atoms with van der Waals surface area (Å²) >= 11 is 0. The van der Waals surface area contributed by atoms with Gasteiger partial charge in [-0.15, -0.1) is 0 Å². The van der Waals surface area contributed by atoms with Crippen LogP contribution in [0, 0.1) is 6.92 Å². The number of nitrogens with zero attached hydrogens (tertiary/aromatic N) is 2. The molecule has 1 aromatic carbocycles. The van der Waals surface area contributed by atoms with E-state index in [1.54, 1.807) is 13.0 Å². The summed E-state index contributed by atoms with van der Waals surface area (Å²) in [6.07, 6.45) is 0. The Kier molecular flexibility index (Phi) is 2.07. The number of phenolic OH excluding ortho intramolecular Hbond substituents is 1. The van der Waals surface area contributed by atoms with Crippen molar-refractivity contribution in [2.24, 2.45) is 0 Å². The summed E-state index contributed by atoms with van der Waals surface area (Å²) < 4.78 is 4.98. The minimum Gasteiger partial charge on any atom is -0.504 e. The van der Waals surface area contributed by atoms with Gasteiger partial charge < -0.3 is 15.6 Å². The zero-order chi connectivity index (χ0) is 11.0. The molecular weight excluding hydrogens is 194 g/mol. The molecule has 0 atom stereocenters. The number of rotatable bonds is 1. The van der Waals surface area contributed by atoms with Crippen molar-refractivity contribution in [2.45, 2.75) is 6.92 Å². The van der Waals surface area contributed by atoms with Gasteiger partial charge in [0.05, 0.1) is 12.6 Å². The van der Waals surface area contributed by atoms with Crippen molar-refractivity contribution in [1.82, 2.24) is 9.97 Å². The van der Waals surface area contributed by atoms with Crippen LogP contribution in [0.5, 0.6) is 11.5 Å². The second-order valence-corrected chi connectivity index (χ2v) is 3.20. The molecule has 2 rings (SSSR count). The van der Waals surface area contributed by atoms with E-state index in [1.165, 1.54) is 13.2 Å². The Morgan fingerprint density at radius 2 is 2.07 bits per heavy atom. The van der Waals surface area contributed by atoms with E-state index in [0.29, 0.717) is 28.3 Å². The SMILES string of the molecule is COc1cc2nc(C)nc(N)c2cc1O. The highest BCUT2D eigenvalue weighted by molar-refractivity contribution is 5.90. The highest BCUT2D eigenvalue weighted by atomic mass is 16.5. The van der Waals surface area contributed by atoms with Crippen LogP contribution in [0.1, 0.15) is 5.82 Å². The number of phenols is 1. The van der Waals surface area contributed by atoms with Crippen molar-refractivity contribution in [1.29, 1.82) is 0 Å². The number of hydrogen-bond acceptors (Lipinski definition) is 5. The minimum atomic E-state index is 0.0316. The molecule has 3 N–H and O–H groups in total. The van der Waals surface area contributed by atoms with E-state index in [9.17, 15) is 5.11 Å². The number of methoxy groups -OCH3 is 1. The summed E-state index contributed by atoms with van der Waals surface area (Å²) in [6, 6.07) is 3.14. The maximum Gasteiger partial charge on any atom is 0.162 e. The number of benzene rings is 1. The van der Waals surface area contributed by atoms with E-state index in [0.717, 1.165) is 0 Å². The zero-order valence-corrected chi connectivity index (χ0v) is 8.48. The number of nitrogens with two attached hydrogens (primary N) is 1. The summed E-state index contributed by atoms with van der Waals surface area (Å²) in [7, 11) is 1.48. The molecular formula is C10H11N3O2. The molecule has 78 valence electrons. The number of aromatic nitrogens is 2. The maximum atomic E-state index is 9.57. The third-order valence-electron chi connectivity index (χ3n) is 2.14. The standard InChI is InChI=1S/C10H11N3O2/c1-5-12-7-4-9(15-2)8(14)3-6(7)10(11)13-5/h3-4,14H,1-2H3,(H2,11,12,13). The molecule has 0 unspecified atom stereocenters. The van der Waals surface area contributed by atoms with Crippen molar-refractivity contribution in [3.63, 3.8) is 0 Å². The Morgan fingerprint density at radius 3 is 2.73 bits per heavy atom. The lowest BCUT2D eigenvalue weighted by Crippen LogP contribution is -1.97. The molecule has 0 spiro atoms. The first-order valence-electron chi connectivity index (χ1n) is 4.42. The second-order valence-electron chi connectivity index (χ2n) is 3.20. The summed E-state index contributed by atoms with van der Waals surface area (Å²) in [5.41, 5.74) is 6.38. The Hall–Kier alpha value is -2.04. The number of aromatic hydroxyl groups is 1. The molecule has 1 heterocycles. The van der Waals surface area contributed by atoms with Gasteiger partial charge >= 0.3 is 0 Å². The Balaban J connectivity index is 2.81. The highest BCUT2D eigenvalue weighted by Crippen LogP contribution is 2.31. The Morgan fingerprint density at radius 1 is 1.33 bits per heavy atom. The first-order valence-corrected chi connectivity index (χ1v) is 4.42. The molecule has 1 aromatic heterocycles. The summed E-state index contributed by atoms with van der Waals surface area (Å²) in [4.78, 5) is 8.22. The molecule has 15 heavy (non-hydrogen) atoms. The summed E-state index contributed by atoms with van der Waals surface area (Å²) in [5.74, 6) is 1.35. The van der Waals surface area contributed by atoms with Gasteiger partial charge in [0.1, 0.15) is 11.6 Å². The van der Waals surface area contributed by atoms with E-state index in [4.69, 9.17) is 10.5 Å². The molecule has 5 nitrogen and oxygen atoms in total. The predicted octanol–water partition coefficient (Wildman–Crippen LogP) is 1.23. The Bertz CT molecular complexity index is 526. The zero-order valence-electron chi connectivity index (χ0n) is 8.48. The van der Waals surface area contributed by atoms with Gasteiger partial charge in [-0.25, -0.2) is 9.97 Å². The molecule has 2 aromatic rings. The van der Waals surface area contributed by atoms with Crippen LogP contribution in [0.25, 0.3) is 10.9 Å². The molecule has 0 saturated carbocycles. The molecule has 0 aliphatic heterocycles. The first kappa shape index (κ1) is 9.51. The maximum absolute atomic E-state index is 9.57.